The minimum absolute atomic E-state index is 0.330. The van der Waals surface area contributed by atoms with Crippen LogP contribution in [0.5, 0.6) is 5.75 Å². The first-order valence-corrected chi connectivity index (χ1v) is 11.1. The molecule has 0 aliphatic heterocycles. The van der Waals surface area contributed by atoms with E-state index >= 15 is 0 Å². The van der Waals surface area contributed by atoms with Crippen molar-refractivity contribution in [3.05, 3.63) is 40.1 Å². The predicted molar refractivity (Wildman–Crippen MR) is 122 cm³/mol. The first-order valence-electron chi connectivity index (χ1n) is 10.2. The lowest BCUT2D eigenvalue weighted by Crippen LogP contribution is -2.27. The molecule has 0 aliphatic carbocycles. The second kappa shape index (κ2) is 8.41. The van der Waals surface area contributed by atoms with Crippen molar-refractivity contribution in [3.63, 3.8) is 0 Å². The molecule has 0 bridgehead atoms. The molecule has 0 amide bonds. The van der Waals surface area contributed by atoms with Gasteiger partial charge in [-0.25, -0.2) is 15.0 Å². The lowest BCUT2D eigenvalue weighted by Gasteiger charge is -2.20. The molecule has 3 aromatic heterocycles. The number of aromatic nitrogens is 4. The number of imidazole rings is 1. The van der Waals surface area contributed by atoms with Crippen LogP contribution in [0.2, 0.25) is 0 Å². The lowest BCUT2D eigenvalue weighted by molar-refractivity contribution is 0.0582. The zero-order chi connectivity index (χ0) is 22.2. The minimum atomic E-state index is -0.937. The summed E-state index contributed by atoms with van der Waals surface area (Å²) >= 11 is 1.60. The van der Waals surface area contributed by atoms with Crippen LogP contribution in [-0.4, -0.2) is 36.8 Å². The van der Waals surface area contributed by atoms with Crippen LogP contribution in [0.3, 0.4) is 0 Å². The van der Waals surface area contributed by atoms with Crippen molar-refractivity contribution in [3.8, 4) is 5.75 Å². The number of hydrogen-bond acceptors (Lipinski definition) is 8. The van der Waals surface area contributed by atoms with E-state index in [1.807, 2.05) is 42.0 Å². The molecule has 4 rings (SSSR count). The number of nitrogens with two attached hydrogens (primary N) is 1. The molecule has 4 aromatic rings. The highest BCUT2D eigenvalue weighted by Crippen LogP contribution is 2.32. The third kappa shape index (κ3) is 4.63. The summed E-state index contributed by atoms with van der Waals surface area (Å²) in [5, 5.41) is 14.4. The fraction of sp³-hybridized carbons (Fsp3) is 0.409. The maximum Gasteiger partial charge on any atom is 0.152 e. The van der Waals surface area contributed by atoms with Gasteiger partial charge in [-0.15, -0.1) is 11.3 Å². The van der Waals surface area contributed by atoms with E-state index < -0.39 is 5.60 Å². The van der Waals surface area contributed by atoms with Gasteiger partial charge in [0.05, 0.1) is 33.9 Å². The quantitative estimate of drug-likeness (QED) is 0.428. The summed E-state index contributed by atoms with van der Waals surface area (Å²) in [6.45, 7) is 9.08. The number of aliphatic hydroxyl groups is 1. The van der Waals surface area contributed by atoms with Crippen LogP contribution in [0.4, 0.5) is 5.82 Å². The van der Waals surface area contributed by atoms with E-state index in [0.717, 1.165) is 21.6 Å². The third-order valence-electron chi connectivity index (χ3n) is 4.79. The lowest BCUT2D eigenvalue weighted by atomic mass is 10.1. The molecule has 0 spiro atoms. The molecular weight excluding hydrogens is 414 g/mol. The van der Waals surface area contributed by atoms with E-state index in [1.54, 1.807) is 25.2 Å². The van der Waals surface area contributed by atoms with Crippen molar-refractivity contribution < 1.29 is 14.6 Å². The van der Waals surface area contributed by atoms with Crippen LogP contribution in [0.25, 0.3) is 21.9 Å². The Kier molecular flexibility index (Phi) is 5.83. The molecular formula is C22H27N5O3S. The Balaban J connectivity index is 1.78. The first kappa shape index (κ1) is 21.5. The Hall–Kier alpha value is -2.75. The van der Waals surface area contributed by atoms with E-state index in [2.05, 4.69) is 15.0 Å². The third-order valence-corrected chi connectivity index (χ3v) is 5.61. The number of nitrogens with zero attached hydrogens (tertiary/aromatic N) is 4. The maximum atomic E-state index is 10.5. The van der Waals surface area contributed by atoms with Crippen molar-refractivity contribution >= 4 is 39.1 Å². The number of hydrogen-bond donors (Lipinski definition) is 2. The van der Waals surface area contributed by atoms with Gasteiger partial charge < -0.3 is 24.9 Å². The smallest absolute Gasteiger partial charge is 0.152 e. The van der Waals surface area contributed by atoms with Crippen LogP contribution in [-0.2, 0) is 24.5 Å². The second-order valence-corrected chi connectivity index (χ2v) is 9.15. The number of anilines is 1. The Morgan fingerprint density at radius 2 is 2.00 bits per heavy atom. The molecule has 0 atom stereocenters. The van der Waals surface area contributed by atoms with Crippen LogP contribution in [0.15, 0.2) is 23.6 Å². The molecule has 3 N–H and O–H groups in total. The van der Waals surface area contributed by atoms with Crippen LogP contribution in [0, 0.1) is 6.92 Å². The summed E-state index contributed by atoms with van der Waals surface area (Å²) in [5.74, 6) is 1.73. The number of aryl methyl sites for hydroxylation is 1. The SMILES string of the molecule is CCOCc1nc2c(N)nc3cc(OCc4csc(C)n4)ccc3c2n1CC(C)(C)O. The van der Waals surface area contributed by atoms with E-state index in [-0.39, 0.29) is 0 Å². The molecule has 9 heteroatoms. The second-order valence-electron chi connectivity index (χ2n) is 8.08. The van der Waals surface area contributed by atoms with Gasteiger partial charge in [-0.3, -0.25) is 0 Å². The molecule has 0 saturated carbocycles. The number of thiazole rings is 1. The van der Waals surface area contributed by atoms with Gasteiger partial charge in [0.15, 0.2) is 5.82 Å². The van der Waals surface area contributed by atoms with Crippen LogP contribution >= 0.6 is 11.3 Å². The van der Waals surface area contributed by atoms with E-state index in [9.17, 15) is 5.11 Å². The van der Waals surface area contributed by atoms with Crippen molar-refractivity contribution in [2.24, 2.45) is 0 Å². The first-order chi connectivity index (χ1) is 14.7. The van der Waals surface area contributed by atoms with Gasteiger partial charge in [-0.1, -0.05) is 0 Å². The molecule has 8 nitrogen and oxygen atoms in total. The monoisotopic (exact) mass is 441 g/mol. The zero-order valence-electron chi connectivity index (χ0n) is 18.2. The Morgan fingerprint density at radius 1 is 1.19 bits per heavy atom. The van der Waals surface area contributed by atoms with Crippen LogP contribution < -0.4 is 10.5 Å². The van der Waals surface area contributed by atoms with Gasteiger partial charge >= 0.3 is 0 Å². The number of nitrogen functional groups attached to an aromatic ring is 1. The number of pyridine rings is 1. The maximum absolute atomic E-state index is 10.5. The average molecular weight is 442 g/mol. The summed E-state index contributed by atoms with van der Waals surface area (Å²) in [4.78, 5) is 13.7. The summed E-state index contributed by atoms with van der Waals surface area (Å²) in [5.41, 5.74) is 8.38. The predicted octanol–water partition coefficient (Wildman–Crippen LogP) is 3.82. The minimum Gasteiger partial charge on any atom is -0.487 e. The average Bonchev–Trinajstić information content (AvgIpc) is 3.27. The molecule has 164 valence electrons. The molecule has 31 heavy (non-hydrogen) atoms. The van der Waals surface area contributed by atoms with Crippen molar-refractivity contribution in [1.82, 2.24) is 19.5 Å². The highest BCUT2D eigenvalue weighted by Gasteiger charge is 2.22. The molecule has 1 aromatic carbocycles. The number of rotatable bonds is 8. The van der Waals surface area contributed by atoms with Gasteiger partial charge in [0, 0.05) is 23.4 Å². The van der Waals surface area contributed by atoms with Crippen LogP contribution in [0.1, 0.15) is 37.3 Å². The van der Waals surface area contributed by atoms with Crippen molar-refractivity contribution in [1.29, 1.82) is 0 Å². The summed E-state index contributed by atoms with van der Waals surface area (Å²) in [7, 11) is 0. The Labute approximate surface area is 184 Å². The highest BCUT2D eigenvalue weighted by atomic mass is 32.1. The topological polar surface area (TPSA) is 108 Å². The molecule has 0 unspecified atom stereocenters. The summed E-state index contributed by atoms with van der Waals surface area (Å²) in [6, 6.07) is 5.73. The number of benzene rings is 1. The Bertz CT molecular complexity index is 1230. The molecule has 0 aliphatic rings. The molecule has 0 fully saturated rings. The Morgan fingerprint density at radius 3 is 2.68 bits per heavy atom. The molecule has 0 saturated heterocycles. The van der Waals surface area contributed by atoms with E-state index in [4.69, 9.17) is 15.2 Å². The summed E-state index contributed by atoms with van der Waals surface area (Å²) < 4.78 is 13.5. The largest absolute Gasteiger partial charge is 0.487 e. The fourth-order valence-electron chi connectivity index (χ4n) is 3.52. The van der Waals surface area contributed by atoms with E-state index in [1.165, 1.54) is 0 Å². The van der Waals surface area contributed by atoms with Gasteiger partial charge in [-0.05, 0) is 39.8 Å². The van der Waals surface area contributed by atoms with Gasteiger partial charge in [-0.2, -0.15) is 0 Å². The van der Waals surface area contributed by atoms with Gasteiger partial charge in [0.1, 0.15) is 30.3 Å². The fourth-order valence-corrected chi connectivity index (χ4v) is 4.12. The standard InChI is InChI=1S/C22H27N5O3S/c1-5-29-10-18-26-19-20(27(18)12-22(3,4)28)16-7-6-15(8-17(16)25-21(19)23)30-9-14-11-31-13(2)24-14/h6-8,11,28H,5,9-10,12H2,1-4H3,(H2,23,25). The summed E-state index contributed by atoms with van der Waals surface area (Å²) in [6.07, 6.45) is 0. The van der Waals surface area contributed by atoms with Crippen molar-refractivity contribution in [2.75, 3.05) is 12.3 Å². The zero-order valence-corrected chi connectivity index (χ0v) is 19.0. The van der Waals surface area contributed by atoms with Gasteiger partial charge in [0.2, 0.25) is 0 Å². The number of ether oxygens (including phenoxy) is 2. The molecule has 0 radical (unpaired) electrons. The normalized spacial score (nSPS) is 12.2. The van der Waals surface area contributed by atoms with Gasteiger partial charge in [0.25, 0.3) is 0 Å². The molecule has 3 heterocycles. The number of fused-ring (bicyclic) bond motifs is 3. The van der Waals surface area contributed by atoms with Crippen molar-refractivity contribution in [2.45, 2.75) is 53.1 Å². The highest BCUT2D eigenvalue weighted by molar-refractivity contribution is 7.09. The van der Waals surface area contributed by atoms with E-state index in [0.29, 0.717) is 54.8 Å².